The first-order valence-electron chi connectivity index (χ1n) is 14.1. The molecule has 0 aliphatic carbocycles. The van der Waals surface area contributed by atoms with Crippen LogP contribution in [0.25, 0.3) is 16.9 Å². The molecule has 0 bridgehead atoms. The number of para-hydroxylation sites is 1. The molecule has 4 rings (SSSR count). The largest absolute Gasteiger partial charge is 0.493 e. The zero-order chi connectivity index (χ0) is 29.7. The number of hydrogen-bond donors (Lipinski definition) is 1. The van der Waals surface area contributed by atoms with Crippen LogP contribution in [0.3, 0.4) is 0 Å². The molecule has 1 aliphatic rings. The van der Waals surface area contributed by atoms with Crippen molar-refractivity contribution in [2.24, 2.45) is 5.92 Å². The van der Waals surface area contributed by atoms with Gasteiger partial charge in [0.1, 0.15) is 5.75 Å². The molecular formula is C33H39N3O5. The lowest BCUT2D eigenvalue weighted by Crippen LogP contribution is -2.32. The van der Waals surface area contributed by atoms with E-state index >= 15 is 0 Å². The van der Waals surface area contributed by atoms with Crippen molar-refractivity contribution in [1.82, 2.24) is 15.1 Å². The maximum Gasteiger partial charge on any atom is 0.336 e. The molecule has 0 atom stereocenters. The molecule has 41 heavy (non-hydrogen) atoms. The van der Waals surface area contributed by atoms with E-state index < -0.39 is 17.9 Å². The maximum absolute atomic E-state index is 13.4. The second kappa shape index (κ2) is 12.9. The van der Waals surface area contributed by atoms with Gasteiger partial charge in [0.25, 0.3) is 0 Å². The molecule has 0 saturated carbocycles. The van der Waals surface area contributed by atoms with Crippen molar-refractivity contribution in [3.8, 4) is 22.7 Å². The Morgan fingerprint density at radius 1 is 0.927 bits per heavy atom. The third kappa shape index (κ3) is 6.37. The topological polar surface area (TPSA) is 91.7 Å². The zero-order valence-corrected chi connectivity index (χ0v) is 24.9. The number of nitrogens with zero attached hydrogens (tertiary/aromatic N) is 2. The highest BCUT2D eigenvalue weighted by Crippen LogP contribution is 2.43. The van der Waals surface area contributed by atoms with Gasteiger partial charge in [-0.1, -0.05) is 32.0 Å². The number of benzene rings is 2. The predicted octanol–water partition coefficient (Wildman–Crippen LogP) is 6.24. The Kier molecular flexibility index (Phi) is 9.32. The maximum atomic E-state index is 13.4. The molecule has 0 spiro atoms. The van der Waals surface area contributed by atoms with Crippen molar-refractivity contribution < 1.29 is 23.8 Å². The highest BCUT2D eigenvalue weighted by Gasteiger charge is 2.40. The van der Waals surface area contributed by atoms with Gasteiger partial charge in [0, 0.05) is 28.7 Å². The molecule has 3 aromatic rings. The molecule has 0 radical (unpaired) electrons. The van der Waals surface area contributed by atoms with Gasteiger partial charge in [-0.15, -0.1) is 0 Å². The van der Waals surface area contributed by atoms with Crippen LogP contribution in [0.15, 0.2) is 77.3 Å². The van der Waals surface area contributed by atoms with Crippen molar-refractivity contribution in [3.05, 3.63) is 88.4 Å². The van der Waals surface area contributed by atoms with E-state index in [1.54, 1.807) is 18.5 Å². The van der Waals surface area contributed by atoms with Gasteiger partial charge >= 0.3 is 11.9 Å². The van der Waals surface area contributed by atoms with Crippen molar-refractivity contribution in [2.45, 2.75) is 54.4 Å². The summed E-state index contributed by atoms with van der Waals surface area (Å²) in [5.74, 6) is -0.555. The number of aryl methyl sites for hydroxylation is 1. The summed E-state index contributed by atoms with van der Waals surface area (Å²) in [6.07, 6.45) is 1.89. The third-order valence-corrected chi connectivity index (χ3v) is 6.85. The molecule has 2 aromatic carbocycles. The highest BCUT2D eigenvalue weighted by molar-refractivity contribution is 6.00. The van der Waals surface area contributed by atoms with Gasteiger partial charge < -0.3 is 19.5 Å². The third-order valence-electron chi connectivity index (χ3n) is 6.85. The highest BCUT2D eigenvalue weighted by atomic mass is 16.5. The Morgan fingerprint density at radius 2 is 1.54 bits per heavy atom. The smallest absolute Gasteiger partial charge is 0.336 e. The average Bonchev–Trinajstić information content (AvgIpc) is 3.38. The number of rotatable bonds is 10. The lowest BCUT2D eigenvalue weighted by atomic mass is 9.79. The monoisotopic (exact) mass is 557 g/mol. The minimum absolute atomic E-state index is 0.201. The Labute approximate surface area is 242 Å². The summed E-state index contributed by atoms with van der Waals surface area (Å²) in [4.78, 5) is 26.9. The second-order valence-electron chi connectivity index (χ2n) is 10.5. The minimum atomic E-state index is -0.765. The molecule has 0 amide bonds. The van der Waals surface area contributed by atoms with Crippen LogP contribution in [0.4, 0.5) is 0 Å². The van der Waals surface area contributed by atoms with E-state index in [4.69, 9.17) is 19.3 Å². The number of allylic oxidation sites excluding steroid dienone is 2. The summed E-state index contributed by atoms with van der Waals surface area (Å²) in [5, 5.41) is 8.22. The average molecular weight is 558 g/mol. The van der Waals surface area contributed by atoms with E-state index in [1.165, 1.54) is 0 Å². The summed E-state index contributed by atoms with van der Waals surface area (Å²) < 4.78 is 18.8. The Bertz CT molecular complexity index is 1440. The summed E-state index contributed by atoms with van der Waals surface area (Å²) in [6.45, 7) is 14.4. The van der Waals surface area contributed by atoms with Gasteiger partial charge in [-0.2, -0.15) is 5.10 Å². The molecule has 8 nitrogen and oxygen atoms in total. The van der Waals surface area contributed by atoms with Crippen LogP contribution in [-0.4, -0.2) is 41.5 Å². The normalized spacial score (nSPS) is 13.9. The number of hydrogen-bond acceptors (Lipinski definition) is 7. The van der Waals surface area contributed by atoms with E-state index in [0.717, 1.165) is 22.6 Å². The molecule has 8 heteroatoms. The van der Waals surface area contributed by atoms with E-state index in [2.05, 4.69) is 19.2 Å². The standard InChI is InChI=1S/C33H39N3O5/c1-8-39-32(37)28-22(6)34-23(7)29(33(38)40-9-2)30(28)26-18-36(25-13-11-10-12-14-25)35-31(26)24-15-16-27(21(5)17-24)41-19-20(3)4/h10-18,20,30,34H,8-9,19H2,1-7H3. The van der Waals surface area contributed by atoms with Gasteiger partial charge in [-0.3, -0.25) is 0 Å². The fourth-order valence-electron chi connectivity index (χ4n) is 5.01. The van der Waals surface area contributed by atoms with E-state index in [0.29, 0.717) is 46.3 Å². The Morgan fingerprint density at radius 3 is 2.07 bits per heavy atom. The van der Waals surface area contributed by atoms with Crippen molar-refractivity contribution in [3.63, 3.8) is 0 Å². The molecule has 0 fully saturated rings. The molecule has 0 saturated heterocycles. The number of aromatic nitrogens is 2. The predicted molar refractivity (Wildman–Crippen MR) is 159 cm³/mol. The van der Waals surface area contributed by atoms with Crippen LogP contribution in [0.2, 0.25) is 0 Å². The zero-order valence-electron chi connectivity index (χ0n) is 24.9. The number of carbonyl (C=O) groups is 2. The van der Waals surface area contributed by atoms with E-state index in [1.807, 2.05) is 75.5 Å². The number of nitrogens with one attached hydrogen (secondary N) is 1. The first-order chi connectivity index (χ1) is 19.7. The summed E-state index contributed by atoms with van der Waals surface area (Å²) in [6, 6.07) is 15.7. The first-order valence-corrected chi connectivity index (χ1v) is 14.1. The number of dihydropyridines is 1. The number of esters is 2. The molecule has 1 aliphatic heterocycles. The van der Waals surface area contributed by atoms with E-state index in [-0.39, 0.29) is 13.2 Å². The van der Waals surface area contributed by atoms with Crippen molar-refractivity contribution in [2.75, 3.05) is 19.8 Å². The van der Waals surface area contributed by atoms with Crippen molar-refractivity contribution >= 4 is 11.9 Å². The second-order valence-corrected chi connectivity index (χ2v) is 10.5. The van der Waals surface area contributed by atoms with Crippen molar-refractivity contribution in [1.29, 1.82) is 0 Å². The summed E-state index contributed by atoms with van der Waals surface area (Å²) in [5.41, 5.74) is 5.91. The Hall–Kier alpha value is -4.33. The lowest BCUT2D eigenvalue weighted by molar-refractivity contribution is -0.139. The molecular weight excluding hydrogens is 518 g/mol. The van der Waals surface area contributed by atoms with Gasteiger partial charge in [-0.25, -0.2) is 14.3 Å². The molecule has 1 aromatic heterocycles. The van der Waals surface area contributed by atoms with Crippen LogP contribution in [0.1, 0.15) is 58.6 Å². The van der Waals surface area contributed by atoms with Crippen LogP contribution < -0.4 is 10.1 Å². The fourth-order valence-corrected chi connectivity index (χ4v) is 5.01. The minimum Gasteiger partial charge on any atom is -0.493 e. The SMILES string of the molecule is CCOC(=O)C1=C(C)NC(C)=C(C(=O)OCC)C1c1cn(-c2ccccc2)nc1-c1ccc(OCC(C)C)c(C)c1. The number of carbonyl (C=O) groups excluding carboxylic acids is 2. The first kappa shape index (κ1) is 29.6. The quantitative estimate of drug-likeness (QED) is 0.295. The fraction of sp³-hybridized carbons (Fsp3) is 0.364. The molecule has 0 unspecified atom stereocenters. The van der Waals surface area contributed by atoms with Crippen LogP contribution in [0, 0.1) is 12.8 Å². The van der Waals surface area contributed by atoms with Crippen LogP contribution in [-0.2, 0) is 19.1 Å². The Balaban J connectivity index is 1.96. The van der Waals surface area contributed by atoms with Gasteiger partial charge in [0.2, 0.25) is 0 Å². The molecule has 216 valence electrons. The van der Waals surface area contributed by atoms with Gasteiger partial charge in [-0.05, 0) is 76.4 Å². The number of ether oxygens (including phenoxy) is 3. The van der Waals surface area contributed by atoms with Gasteiger partial charge in [0.15, 0.2) is 0 Å². The van der Waals surface area contributed by atoms with Gasteiger partial charge in [0.05, 0.1) is 48.3 Å². The van der Waals surface area contributed by atoms with E-state index in [9.17, 15) is 9.59 Å². The lowest BCUT2D eigenvalue weighted by Gasteiger charge is -2.30. The summed E-state index contributed by atoms with van der Waals surface area (Å²) >= 11 is 0. The van der Waals surface area contributed by atoms with Crippen LogP contribution in [0.5, 0.6) is 5.75 Å². The summed E-state index contributed by atoms with van der Waals surface area (Å²) in [7, 11) is 0. The molecule has 1 N–H and O–H groups in total. The van der Waals surface area contributed by atoms with Crippen LogP contribution >= 0.6 is 0 Å². The molecule has 2 heterocycles.